The molecule has 0 radical (unpaired) electrons. The first-order valence-electron chi connectivity index (χ1n) is 6.99. The smallest absolute Gasteiger partial charge is 0.341 e. The molecule has 2 aliphatic heterocycles. The molecule has 0 spiro atoms. The number of hydrogen-bond acceptors (Lipinski definition) is 6. The van der Waals surface area contributed by atoms with Gasteiger partial charge < -0.3 is 25.5 Å². The third-order valence-electron chi connectivity index (χ3n) is 4.19. The van der Waals surface area contributed by atoms with E-state index in [0.29, 0.717) is 30.4 Å². The Kier molecular flexibility index (Phi) is 2.64. The third-order valence-corrected chi connectivity index (χ3v) is 4.19. The summed E-state index contributed by atoms with van der Waals surface area (Å²) in [6.45, 7) is 1.18. The van der Waals surface area contributed by atoms with E-state index >= 15 is 0 Å². The summed E-state index contributed by atoms with van der Waals surface area (Å²) in [5, 5.41) is 9.23. The predicted molar refractivity (Wildman–Crippen MR) is 78.5 cm³/mol. The maximum absolute atomic E-state index is 12.2. The highest BCUT2D eigenvalue weighted by molar-refractivity contribution is 5.92. The monoisotopic (exact) mass is 302 g/mol. The normalized spacial score (nSPS) is 23.0. The van der Waals surface area contributed by atoms with E-state index in [9.17, 15) is 9.59 Å². The third kappa shape index (κ3) is 1.77. The number of nitrogens with one attached hydrogen (secondary N) is 1. The zero-order valence-electron chi connectivity index (χ0n) is 11.6. The topological polar surface area (TPSA) is 122 Å². The fourth-order valence-corrected chi connectivity index (χ4v) is 3.15. The maximum atomic E-state index is 12.2. The molecule has 4 N–H and O–H groups in total. The number of ether oxygens (including phenoxy) is 1. The molecule has 4 rings (SSSR count). The molecule has 0 saturated carbocycles. The molecule has 2 aromatic rings. The van der Waals surface area contributed by atoms with Gasteiger partial charge in [-0.1, -0.05) is 0 Å². The number of aromatic nitrogens is 2. The lowest BCUT2D eigenvalue weighted by molar-refractivity contribution is 0.0695. The van der Waals surface area contributed by atoms with Crippen molar-refractivity contribution in [3.05, 3.63) is 28.0 Å². The van der Waals surface area contributed by atoms with Crippen molar-refractivity contribution in [1.29, 1.82) is 0 Å². The van der Waals surface area contributed by atoms with E-state index in [-0.39, 0.29) is 23.0 Å². The van der Waals surface area contributed by atoms with Gasteiger partial charge in [0.05, 0.1) is 11.4 Å². The van der Waals surface area contributed by atoms with Gasteiger partial charge in [-0.3, -0.25) is 4.79 Å². The maximum Gasteiger partial charge on any atom is 0.341 e. The molecule has 0 bridgehead atoms. The zero-order chi connectivity index (χ0) is 15.4. The number of hydrogen-bond donors (Lipinski definition) is 3. The lowest BCUT2D eigenvalue weighted by Gasteiger charge is -2.32. The molecule has 114 valence electrons. The number of nitrogens with two attached hydrogens (primary N) is 1. The van der Waals surface area contributed by atoms with Crippen LogP contribution in [0.4, 0.5) is 5.82 Å². The number of carboxylic acid groups (broad SMARTS) is 1. The van der Waals surface area contributed by atoms with Crippen molar-refractivity contribution >= 4 is 22.8 Å². The number of rotatable bonds is 1. The molecule has 0 unspecified atom stereocenters. The molecule has 2 atom stereocenters. The lowest BCUT2D eigenvalue weighted by Crippen LogP contribution is -2.39. The van der Waals surface area contributed by atoms with Crippen LogP contribution in [0.25, 0.3) is 11.0 Å². The Hall–Kier alpha value is -2.61. The largest absolute Gasteiger partial charge is 0.488 e. The van der Waals surface area contributed by atoms with Gasteiger partial charge in [0.15, 0.2) is 11.6 Å². The van der Waals surface area contributed by atoms with Gasteiger partial charge in [-0.2, -0.15) is 0 Å². The number of anilines is 1. The summed E-state index contributed by atoms with van der Waals surface area (Å²) in [5.41, 5.74) is 5.46. The first kappa shape index (κ1) is 13.1. The molecule has 22 heavy (non-hydrogen) atoms. The average molecular weight is 302 g/mol. The summed E-state index contributed by atoms with van der Waals surface area (Å²) in [4.78, 5) is 32.6. The number of carbonyl (C=O) groups is 1. The van der Waals surface area contributed by atoms with Crippen LogP contribution in [0.15, 0.2) is 17.1 Å². The van der Waals surface area contributed by atoms with Gasteiger partial charge in [0.2, 0.25) is 5.43 Å². The van der Waals surface area contributed by atoms with Crippen molar-refractivity contribution in [1.82, 2.24) is 9.97 Å². The van der Waals surface area contributed by atoms with Crippen molar-refractivity contribution in [3.63, 3.8) is 0 Å². The van der Waals surface area contributed by atoms with Gasteiger partial charge in [0.1, 0.15) is 17.8 Å². The van der Waals surface area contributed by atoms with Crippen LogP contribution in [0.3, 0.4) is 0 Å². The fourth-order valence-electron chi connectivity index (χ4n) is 3.15. The molecule has 8 heteroatoms. The van der Waals surface area contributed by atoms with Crippen molar-refractivity contribution in [2.75, 3.05) is 18.1 Å². The molecule has 4 heterocycles. The molecule has 8 nitrogen and oxygen atoms in total. The first-order chi connectivity index (χ1) is 10.5. The SMILES string of the molecule is N[C@H]1C[C@H]2COc3cc4c(=O)c(C(=O)O)c[nH]c4nc3N2C1. The lowest BCUT2D eigenvalue weighted by atomic mass is 10.1. The summed E-state index contributed by atoms with van der Waals surface area (Å²) < 4.78 is 5.69. The predicted octanol–water partition coefficient (Wildman–Crippen LogP) is -0.0803. The van der Waals surface area contributed by atoms with E-state index in [2.05, 4.69) is 14.9 Å². The van der Waals surface area contributed by atoms with Crippen LogP contribution in [0.2, 0.25) is 0 Å². The molecule has 0 amide bonds. The number of aromatic amines is 1. The summed E-state index contributed by atoms with van der Waals surface area (Å²) >= 11 is 0. The second kappa shape index (κ2) is 4.44. The highest BCUT2D eigenvalue weighted by Gasteiger charge is 2.36. The molecule has 1 fully saturated rings. The summed E-state index contributed by atoms with van der Waals surface area (Å²) in [7, 11) is 0. The van der Waals surface area contributed by atoms with Gasteiger partial charge >= 0.3 is 5.97 Å². The summed E-state index contributed by atoms with van der Waals surface area (Å²) in [6, 6.07) is 1.83. The Morgan fingerprint density at radius 3 is 3.14 bits per heavy atom. The highest BCUT2D eigenvalue weighted by Crippen LogP contribution is 2.37. The summed E-state index contributed by atoms with van der Waals surface area (Å²) in [5.74, 6) is -0.131. The van der Waals surface area contributed by atoms with E-state index in [0.717, 1.165) is 6.42 Å². The van der Waals surface area contributed by atoms with Crippen molar-refractivity contribution in [2.45, 2.75) is 18.5 Å². The van der Waals surface area contributed by atoms with Crippen LogP contribution in [0, 0.1) is 0 Å². The van der Waals surface area contributed by atoms with Crippen LogP contribution in [-0.4, -0.2) is 46.3 Å². The number of fused-ring (bicyclic) bond motifs is 4. The van der Waals surface area contributed by atoms with Crippen LogP contribution in [0.1, 0.15) is 16.8 Å². The van der Waals surface area contributed by atoms with Crippen LogP contribution in [-0.2, 0) is 0 Å². The number of carboxylic acids is 1. The minimum atomic E-state index is -1.27. The number of pyridine rings is 2. The number of aromatic carboxylic acids is 1. The van der Waals surface area contributed by atoms with Gasteiger partial charge in [-0.05, 0) is 12.5 Å². The van der Waals surface area contributed by atoms with Crippen LogP contribution >= 0.6 is 0 Å². The van der Waals surface area contributed by atoms with Gasteiger partial charge in [0.25, 0.3) is 0 Å². The Morgan fingerprint density at radius 1 is 1.55 bits per heavy atom. The van der Waals surface area contributed by atoms with Crippen LogP contribution in [0.5, 0.6) is 5.75 Å². The van der Waals surface area contributed by atoms with Gasteiger partial charge in [-0.15, -0.1) is 0 Å². The van der Waals surface area contributed by atoms with Crippen molar-refractivity contribution < 1.29 is 14.6 Å². The van der Waals surface area contributed by atoms with Gasteiger partial charge in [0, 0.05) is 18.8 Å². The van der Waals surface area contributed by atoms with E-state index in [1.807, 2.05) is 0 Å². The van der Waals surface area contributed by atoms with E-state index in [4.69, 9.17) is 15.6 Å². The van der Waals surface area contributed by atoms with E-state index < -0.39 is 11.4 Å². The van der Waals surface area contributed by atoms with E-state index in [1.165, 1.54) is 6.20 Å². The van der Waals surface area contributed by atoms with Crippen molar-refractivity contribution in [3.8, 4) is 5.75 Å². The number of H-pyrrole nitrogens is 1. The minimum Gasteiger partial charge on any atom is -0.488 e. The molecule has 0 aromatic carbocycles. The zero-order valence-corrected chi connectivity index (χ0v) is 11.6. The second-order valence-corrected chi connectivity index (χ2v) is 5.66. The first-order valence-corrected chi connectivity index (χ1v) is 6.99. The highest BCUT2D eigenvalue weighted by atomic mass is 16.5. The number of nitrogens with zero attached hydrogens (tertiary/aromatic N) is 2. The molecule has 2 aliphatic rings. The molecular formula is C14H14N4O4. The second-order valence-electron chi connectivity index (χ2n) is 5.66. The van der Waals surface area contributed by atoms with Gasteiger partial charge in [-0.25, -0.2) is 9.78 Å². The Bertz CT molecular complexity index is 847. The fraction of sp³-hybridized carbons (Fsp3) is 0.357. The standard InChI is InChI=1S/C14H14N4O4/c15-6-1-7-5-22-10-2-8-11(19)9(14(20)21)3-16-12(8)17-13(10)18(7)4-6/h2-3,6-7H,1,4-5,15H2,(H,20,21)(H,16,17,19)/t6-,7-/m0/s1. The quantitative estimate of drug-likeness (QED) is 0.673. The Morgan fingerprint density at radius 2 is 2.36 bits per heavy atom. The summed E-state index contributed by atoms with van der Waals surface area (Å²) in [6.07, 6.45) is 2.01. The Balaban J connectivity index is 1.91. The Labute approximate surface area is 124 Å². The van der Waals surface area contributed by atoms with E-state index in [1.54, 1.807) is 6.07 Å². The molecule has 1 saturated heterocycles. The van der Waals surface area contributed by atoms with Crippen LogP contribution < -0.4 is 20.8 Å². The molecular weight excluding hydrogens is 288 g/mol. The minimum absolute atomic E-state index is 0.0745. The molecule has 0 aliphatic carbocycles. The average Bonchev–Trinajstić information content (AvgIpc) is 2.86. The molecule has 2 aromatic heterocycles. The van der Waals surface area contributed by atoms with Crippen molar-refractivity contribution in [2.24, 2.45) is 5.73 Å².